The quantitative estimate of drug-likeness (QED) is 0.484. The van der Waals surface area contributed by atoms with E-state index in [1.54, 1.807) is 23.1 Å². The second kappa shape index (κ2) is 12.0. The van der Waals surface area contributed by atoms with Crippen LogP contribution in [-0.2, 0) is 9.53 Å². The van der Waals surface area contributed by atoms with Gasteiger partial charge in [0.1, 0.15) is 24.2 Å². The number of methoxy groups -OCH3 is 2. The average Bonchev–Trinajstić information content (AvgIpc) is 2.72. The molecule has 0 aliphatic heterocycles. The molecule has 0 saturated heterocycles. The topological polar surface area (TPSA) is 100 Å². The van der Waals surface area contributed by atoms with Gasteiger partial charge in [-0.25, -0.2) is 0 Å². The lowest BCUT2D eigenvalue weighted by Crippen LogP contribution is -2.41. The van der Waals surface area contributed by atoms with Crippen molar-refractivity contribution in [3.63, 3.8) is 0 Å². The lowest BCUT2D eigenvalue weighted by Gasteiger charge is -2.30. The van der Waals surface area contributed by atoms with E-state index in [9.17, 15) is 15.0 Å². The van der Waals surface area contributed by atoms with Crippen molar-refractivity contribution in [2.45, 2.75) is 19.1 Å². The number of nitrogens with zero attached hydrogens (tertiary/aromatic N) is 1. The van der Waals surface area contributed by atoms with Crippen LogP contribution < -0.4 is 19.7 Å². The molecule has 2 aromatic carbocycles. The summed E-state index contributed by atoms with van der Waals surface area (Å²) >= 11 is 0. The molecule has 2 rings (SSSR count). The van der Waals surface area contributed by atoms with Crippen molar-refractivity contribution in [1.82, 2.24) is 0 Å². The molecule has 0 radical (unpaired) electrons. The zero-order chi connectivity index (χ0) is 21.9. The normalized spacial score (nSPS) is 12.7. The monoisotopic (exact) mass is 418 g/mol. The van der Waals surface area contributed by atoms with E-state index in [0.29, 0.717) is 22.9 Å². The summed E-state index contributed by atoms with van der Waals surface area (Å²) in [6, 6.07) is 14.4. The van der Waals surface area contributed by atoms with E-state index in [4.69, 9.17) is 14.2 Å². The van der Waals surface area contributed by atoms with E-state index in [1.165, 1.54) is 21.1 Å². The summed E-state index contributed by atoms with van der Waals surface area (Å²) < 4.78 is 16.1. The fourth-order valence-corrected chi connectivity index (χ4v) is 3.01. The first-order valence-electron chi connectivity index (χ1n) is 9.66. The van der Waals surface area contributed by atoms with Crippen LogP contribution in [-0.4, -0.2) is 68.9 Å². The molecule has 0 fully saturated rings. The number of carbonyl (C=O) groups is 1. The van der Waals surface area contributed by atoms with E-state index in [-0.39, 0.29) is 32.2 Å². The molecule has 1 amide bonds. The lowest BCUT2D eigenvalue weighted by atomic mass is 10.2. The molecular weight excluding hydrogens is 388 g/mol. The zero-order valence-corrected chi connectivity index (χ0v) is 17.6. The summed E-state index contributed by atoms with van der Waals surface area (Å²) in [5, 5.41) is 23.6. The Morgan fingerprint density at radius 2 is 1.70 bits per heavy atom. The highest BCUT2D eigenvalue weighted by Crippen LogP contribution is 2.32. The summed E-state index contributed by atoms with van der Waals surface area (Å²) in [6.07, 6.45) is -1.62. The summed E-state index contributed by atoms with van der Waals surface area (Å²) in [5.41, 5.74) is 1.21. The van der Waals surface area contributed by atoms with Gasteiger partial charge in [-0.2, -0.15) is 0 Å². The van der Waals surface area contributed by atoms with Gasteiger partial charge in [-0.05, 0) is 30.3 Å². The first-order chi connectivity index (χ1) is 14.4. The van der Waals surface area contributed by atoms with Gasteiger partial charge >= 0.3 is 0 Å². The minimum Gasteiger partial charge on any atom is -0.495 e. The number of nitrogens with one attached hydrogen (secondary N) is 1. The SMILES string of the molecule is COCC(O)CN(CC(O)COc1ccccc1)c1cc(NC(C)=O)ccc1OC. The highest BCUT2D eigenvalue weighted by molar-refractivity contribution is 5.89. The van der Waals surface area contributed by atoms with Gasteiger partial charge in [0.15, 0.2) is 0 Å². The predicted octanol–water partition coefficient (Wildman–Crippen LogP) is 1.91. The van der Waals surface area contributed by atoms with Crippen LogP contribution in [0.3, 0.4) is 0 Å². The van der Waals surface area contributed by atoms with E-state index >= 15 is 0 Å². The minimum absolute atomic E-state index is 0.0780. The van der Waals surface area contributed by atoms with Crippen LogP contribution in [0.1, 0.15) is 6.92 Å². The Morgan fingerprint density at radius 3 is 2.30 bits per heavy atom. The van der Waals surface area contributed by atoms with Crippen LogP contribution in [0.5, 0.6) is 11.5 Å². The number of para-hydroxylation sites is 1. The van der Waals surface area contributed by atoms with Gasteiger partial charge < -0.3 is 34.6 Å². The Kier molecular flexibility index (Phi) is 9.40. The van der Waals surface area contributed by atoms with Crippen LogP contribution >= 0.6 is 0 Å². The molecule has 2 atom stereocenters. The number of aliphatic hydroxyl groups excluding tert-OH is 2. The van der Waals surface area contributed by atoms with Gasteiger partial charge in [-0.15, -0.1) is 0 Å². The van der Waals surface area contributed by atoms with Crippen LogP contribution in [0.2, 0.25) is 0 Å². The molecule has 164 valence electrons. The van der Waals surface area contributed by atoms with Crippen molar-refractivity contribution in [1.29, 1.82) is 0 Å². The molecule has 8 heteroatoms. The molecule has 30 heavy (non-hydrogen) atoms. The maximum absolute atomic E-state index is 11.4. The third kappa shape index (κ3) is 7.55. The second-order valence-electron chi connectivity index (χ2n) is 6.86. The second-order valence-corrected chi connectivity index (χ2v) is 6.86. The third-order valence-electron chi connectivity index (χ3n) is 4.25. The van der Waals surface area contributed by atoms with Crippen LogP contribution in [0.25, 0.3) is 0 Å². The van der Waals surface area contributed by atoms with E-state index < -0.39 is 12.2 Å². The highest BCUT2D eigenvalue weighted by Gasteiger charge is 2.21. The van der Waals surface area contributed by atoms with Crippen molar-refractivity contribution in [3.05, 3.63) is 48.5 Å². The molecule has 0 aliphatic carbocycles. The average molecular weight is 418 g/mol. The molecule has 0 saturated carbocycles. The number of rotatable bonds is 12. The largest absolute Gasteiger partial charge is 0.495 e. The minimum atomic E-state index is -0.839. The molecular formula is C22H30N2O6. The highest BCUT2D eigenvalue weighted by atomic mass is 16.5. The van der Waals surface area contributed by atoms with Crippen LogP contribution in [0, 0.1) is 0 Å². The van der Waals surface area contributed by atoms with Gasteiger partial charge in [-0.1, -0.05) is 18.2 Å². The van der Waals surface area contributed by atoms with Gasteiger partial charge in [0.05, 0.1) is 25.5 Å². The maximum atomic E-state index is 11.4. The summed E-state index contributed by atoms with van der Waals surface area (Å²) in [7, 11) is 3.05. The molecule has 0 bridgehead atoms. The molecule has 0 aromatic heterocycles. The zero-order valence-electron chi connectivity index (χ0n) is 17.6. The molecule has 0 spiro atoms. The van der Waals surface area contributed by atoms with Crippen LogP contribution in [0.15, 0.2) is 48.5 Å². The van der Waals surface area contributed by atoms with Gasteiger partial charge in [-0.3, -0.25) is 4.79 Å². The van der Waals surface area contributed by atoms with Gasteiger partial charge in [0.25, 0.3) is 0 Å². The Bertz CT molecular complexity index is 786. The fraction of sp³-hybridized carbons (Fsp3) is 0.409. The summed E-state index contributed by atoms with van der Waals surface area (Å²) in [4.78, 5) is 13.2. The number of ether oxygens (including phenoxy) is 3. The Balaban J connectivity index is 2.20. The van der Waals surface area contributed by atoms with Gasteiger partial charge in [0.2, 0.25) is 5.91 Å². The Morgan fingerprint density at radius 1 is 1.03 bits per heavy atom. The number of carbonyl (C=O) groups excluding carboxylic acids is 1. The Hall–Kier alpha value is -2.81. The number of hydrogen-bond acceptors (Lipinski definition) is 7. The smallest absolute Gasteiger partial charge is 0.221 e. The van der Waals surface area contributed by atoms with Crippen molar-refractivity contribution in [2.24, 2.45) is 0 Å². The van der Waals surface area contributed by atoms with E-state index in [0.717, 1.165) is 0 Å². The van der Waals surface area contributed by atoms with Crippen molar-refractivity contribution in [2.75, 3.05) is 50.7 Å². The van der Waals surface area contributed by atoms with Crippen LogP contribution in [0.4, 0.5) is 11.4 Å². The van der Waals surface area contributed by atoms with E-state index in [2.05, 4.69) is 5.32 Å². The Labute approximate surface area is 177 Å². The van der Waals surface area contributed by atoms with Crippen molar-refractivity contribution >= 4 is 17.3 Å². The molecule has 2 unspecified atom stereocenters. The number of amides is 1. The summed E-state index contributed by atoms with van der Waals surface area (Å²) in [6.45, 7) is 2.01. The molecule has 8 nitrogen and oxygen atoms in total. The first-order valence-corrected chi connectivity index (χ1v) is 9.66. The maximum Gasteiger partial charge on any atom is 0.221 e. The summed E-state index contributed by atoms with van der Waals surface area (Å²) in [5.74, 6) is 1.01. The van der Waals surface area contributed by atoms with Crippen molar-refractivity contribution < 1.29 is 29.2 Å². The van der Waals surface area contributed by atoms with E-state index in [1.807, 2.05) is 30.3 Å². The first kappa shape index (κ1) is 23.5. The molecule has 2 aromatic rings. The molecule has 0 heterocycles. The molecule has 3 N–H and O–H groups in total. The molecule has 0 aliphatic rings. The number of aliphatic hydroxyl groups is 2. The van der Waals surface area contributed by atoms with Crippen molar-refractivity contribution in [3.8, 4) is 11.5 Å². The standard InChI is InChI=1S/C22H30N2O6/c1-16(25)23-17-9-10-22(29-3)21(11-17)24(12-18(26)14-28-2)13-19(27)15-30-20-7-5-4-6-8-20/h4-11,18-19,26-27H,12-15H2,1-3H3,(H,23,25). The number of hydrogen-bond donors (Lipinski definition) is 3. The predicted molar refractivity (Wildman–Crippen MR) is 115 cm³/mol. The lowest BCUT2D eigenvalue weighted by molar-refractivity contribution is -0.114. The fourth-order valence-electron chi connectivity index (χ4n) is 3.01. The number of anilines is 2. The third-order valence-corrected chi connectivity index (χ3v) is 4.25. The van der Waals surface area contributed by atoms with Gasteiger partial charge in [0, 0.05) is 32.8 Å². The number of benzene rings is 2.